The third-order valence-electron chi connectivity index (χ3n) is 9.60. The number of likely N-dealkylation sites (tertiary alicyclic amines) is 2. The number of imide groups is 1. The van der Waals surface area contributed by atoms with E-state index in [0.717, 1.165) is 30.6 Å². The monoisotopic (exact) mass is 704 g/mol. The molecule has 6 rings (SSSR count). The van der Waals surface area contributed by atoms with Gasteiger partial charge in [-0.2, -0.15) is 5.10 Å². The maximum absolute atomic E-state index is 13.4. The van der Waals surface area contributed by atoms with E-state index in [1.807, 2.05) is 42.2 Å². The molecule has 3 fully saturated rings. The van der Waals surface area contributed by atoms with E-state index in [0.29, 0.717) is 60.2 Å². The molecule has 3 aromatic rings. The first-order chi connectivity index (χ1) is 22.5. The van der Waals surface area contributed by atoms with Gasteiger partial charge in [-0.3, -0.25) is 24.5 Å². The van der Waals surface area contributed by atoms with Gasteiger partial charge in [0.1, 0.15) is 16.3 Å². The predicted molar refractivity (Wildman–Crippen MR) is 182 cm³/mol. The first kappa shape index (κ1) is 32.9. The van der Waals surface area contributed by atoms with E-state index in [2.05, 4.69) is 55.7 Å². The third kappa shape index (κ3) is 7.43. The number of ether oxygens (including phenoxy) is 1. The highest BCUT2D eigenvalue weighted by atomic mass is 79.9. The van der Waals surface area contributed by atoms with Crippen LogP contribution in [0.5, 0.6) is 5.75 Å². The van der Waals surface area contributed by atoms with Crippen LogP contribution in [0.1, 0.15) is 71.0 Å². The number of benzene rings is 2. The van der Waals surface area contributed by atoms with Gasteiger partial charge in [0.25, 0.3) is 11.5 Å². The Balaban J connectivity index is 1.03. The lowest BCUT2D eigenvalue weighted by molar-refractivity contribution is -0.134. The van der Waals surface area contributed by atoms with E-state index in [1.54, 1.807) is 13.2 Å². The zero-order chi connectivity index (χ0) is 33.2. The fraction of sp³-hybridized carbons (Fsp3) is 0.457. The molecule has 3 amide bonds. The molecule has 4 heterocycles. The Bertz CT molecular complexity index is 1720. The van der Waals surface area contributed by atoms with Crippen LogP contribution in [0.2, 0.25) is 0 Å². The maximum atomic E-state index is 13.4. The summed E-state index contributed by atoms with van der Waals surface area (Å²) in [7, 11) is 3.72. The second-order valence-electron chi connectivity index (χ2n) is 13.0. The van der Waals surface area contributed by atoms with Crippen LogP contribution in [0.15, 0.2) is 57.9 Å². The van der Waals surface area contributed by atoms with Gasteiger partial charge in [0.2, 0.25) is 11.8 Å². The van der Waals surface area contributed by atoms with E-state index in [4.69, 9.17) is 4.74 Å². The van der Waals surface area contributed by atoms with Gasteiger partial charge < -0.3 is 19.9 Å². The molecule has 3 aliphatic rings. The average molecular weight is 706 g/mol. The minimum Gasteiger partial charge on any atom is -0.490 e. The Hall–Kier alpha value is -4.03. The highest BCUT2D eigenvalue weighted by Gasteiger charge is 2.31. The summed E-state index contributed by atoms with van der Waals surface area (Å²) in [5, 5.41) is 10.1. The second-order valence-corrected chi connectivity index (χ2v) is 13.8. The summed E-state index contributed by atoms with van der Waals surface area (Å²) in [4.78, 5) is 54.0. The minimum absolute atomic E-state index is 0.0220. The molecular weight excluding hydrogens is 664 g/mol. The van der Waals surface area contributed by atoms with E-state index < -0.39 is 0 Å². The van der Waals surface area contributed by atoms with E-state index in [-0.39, 0.29) is 47.3 Å². The molecule has 12 heteroatoms. The Morgan fingerprint density at radius 1 is 1.02 bits per heavy atom. The summed E-state index contributed by atoms with van der Waals surface area (Å²) in [6, 6.07) is 13.9. The normalized spacial score (nSPS) is 22.6. The van der Waals surface area contributed by atoms with Gasteiger partial charge in [-0.1, -0.05) is 18.2 Å². The Morgan fingerprint density at radius 3 is 2.49 bits per heavy atom. The van der Waals surface area contributed by atoms with Crippen LogP contribution in [-0.4, -0.2) is 82.7 Å². The van der Waals surface area contributed by atoms with Crippen molar-refractivity contribution >= 4 is 39.3 Å². The van der Waals surface area contributed by atoms with Crippen LogP contribution >= 0.6 is 15.9 Å². The van der Waals surface area contributed by atoms with E-state index in [1.165, 1.54) is 10.2 Å². The molecule has 248 valence electrons. The molecule has 11 nitrogen and oxygen atoms in total. The standard InChI is InChI=1S/C35H41BrN6O5/c1-21-4-9-27(17-29(21)28-10-11-31(43)39-33(28)44)47-26-12-14-42(15-13-26)34(45)23-7-5-22(6-8-23)24-16-25(20-40(2)19-24)38-30-18-37-41(3)35(46)32(30)36/h4-9,17-18,24-26,28,38H,10-16,19-20H2,1-3H3,(H,39,43,44)/t24-,25+,28?/m1/s1. The number of rotatable bonds is 7. The lowest BCUT2D eigenvalue weighted by Gasteiger charge is -2.37. The predicted octanol–water partition coefficient (Wildman–Crippen LogP) is 3.95. The first-order valence-electron chi connectivity index (χ1n) is 16.2. The van der Waals surface area contributed by atoms with Crippen LogP contribution < -0.4 is 20.9 Å². The number of amides is 3. The molecule has 2 aromatic carbocycles. The number of anilines is 1. The number of carbonyl (C=O) groups is 3. The van der Waals surface area contributed by atoms with Gasteiger partial charge in [0.05, 0.1) is 17.8 Å². The SMILES string of the molecule is Cc1ccc(OC2CCN(C(=O)c3ccc([C@@H]4C[C@H](Nc5cnn(C)c(=O)c5Br)CN(C)C4)cc3)CC2)cc1C1CCC(=O)NC1=O. The number of carbonyl (C=O) groups excluding carboxylic acids is 3. The number of piperidine rings is 3. The number of hydrogen-bond donors (Lipinski definition) is 2. The molecule has 0 aliphatic carbocycles. The van der Waals surface area contributed by atoms with Crippen molar-refractivity contribution in [2.45, 2.75) is 63.0 Å². The molecule has 0 spiro atoms. The fourth-order valence-corrected chi connectivity index (χ4v) is 7.48. The molecule has 1 unspecified atom stereocenters. The van der Waals surface area contributed by atoms with Crippen molar-refractivity contribution in [2.75, 3.05) is 38.5 Å². The number of hydrogen-bond acceptors (Lipinski definition) is 8. The Labute approximate surface area is 282 Å². The van der Waals surface area contributed by atoms with Crippen LogP contribution in [0.4, 0.5) is 5.69 Å². The zero-order valence-electron chi connectivity index (χ0n) is 27.0. The summed E-state index contributed by atoms with van der Waals surface area (Å²) in [6.07, 6.45) is 4.80. The van der Waals surface area contributed by atoms with Crippen molar-refractivity contribution in [3.05, 3.63) is 85.7 Å². The number of halogens is 1. The topological polar surface area (TPSA) is 126 Å². The van der Waals surface area contributed by atoms with Crippen molar-refractivity contribution in [3.63, 3.8) is 0 Å². The van der Waals surface area contributed by atoms with Crippen molar-refractivity contribution < 1.29 is 19.1 Å². The lowest BCUT2D eigenvalue weighted by atomic mass is 9.87. The van der Waals surface area contributed by atoms with Crippen LogP contribution in [-0.2, 0) is 16.6 Å². The van der Waals surface area contributed by atoms with Crippen LogP contribution in [0.25, 0.3) is 0 Å². The van der Waals surface area contributed by atoms with Gasteiger partial charge in [-0.05, 0) is 89.6 Å². The molecule has 47 heavy (non-hydrogen) atoms. The average Bonchev–Trinajstić information content (AvgIpc) is 3.06. The highest BCUT2D eigenvalue weighted by Crippen LogP contribution is 2.32. The molecule has 0 radical (unpaired) electrons. The van der Waals surface area contributed by atoms with Gasteiger partial charge in [-0.15, -0.1) is 0 Å². The fourth-order valence-electron chi connectivity index (χ4n) is 7.00. The third-order valence-corrected chi connectivity index (χ3v) is 10.4. The number of aromatic nitrogens is 2. The van der Waals surface area contributed by atoms with E-state index >= 15 is 0 Å². The second kappa shape index (κ2) is 14.0. The van der Waals surface area contributed by atoms with Gasteiger partial charge in [0, 0.05) is 64.1 Å². The van der Waals surface area contributed by atoms with Crippen molar-refractivity contribution in [1.82, 2.24) is 24.9 Å². The zero-order valence-corrected chi connectivity index (χ0v) is 28.6. The van der Waals surface area contributed by atoms with E-state index in [9.17, 15) is 19.2 Å². The number of likely N-dealkylation sites (N-methyl/N-ethyl adjacent to an activating group) is 1. The number of aryl methyl sites for hydroxylation is 2. The summed E-state index contributed by atoms with van der Waals surface area (Å²) < 4.78 is 8.10. The first-order valence-corrected chi connectivity index (χ1v) is 17.0. The Kier molecular flexibility index (Phi) is 9.79. The molecule has 3 saturated heterocycles. The van der Waals surface area contributed by atoms with Crippen LogP contribution in [0.3, 0.4) is 0 Å². The number of nitrogens with one attached hydrogen (secondary N) is 2. The van der Waals surface area contributed by atoms with Gasteiger partial charge in [-0.25, -0.2) is 4.68 Å². The molecular formula is C35H41BrN6O5. The summed E-state index contributed by atoms with van der Waals surface area (Å²) in [5.74, 6) is 0.173. The summed E-state index contributed by atoms with van der Waals surface area (Å²) >= 11 is 3.41. The molecule has 3 aliphatic heterocycles. The smallest absolute Gasteiger partial charge is 0.282 e. The van der Waals surface area contributed by atoms with Gasteiger partial charge >= 0.3 is 0 Å². The van der Waals surface area contributed by atoms with Gasteiger partial charge in [0.15, 0.2) is 0 Å². The maximum Gasteiger partial charge on any atom is 0.282 e. The molecule has 1 aromatic heterocycles. The number of nitrogens with zero attached hydrogens (tertiary/aromatic N) is 4. The molecule has 2 N–H and O–H groups in total. The summed E-state index contributed by atoms with van der Waals surface area (Å²) in [5.41, 5.74) is 4.26. The lowest BCUT2D eigenvalue weighted by Crippen LogP contribution is -2.43. The summed E-state index contributed by atoms with van der Waals surface area (Å²) in [6.45, 7) is 4.93. The van der Waals surface area contributed by atoms with Crippen LogP contribution in [0, 0.1) is 6.92 Å². The molecule has 3 atom stereocenters. The molecule has 0 saturated carbocycles. The van der Waals surface area contributed by atoms with Crippen molar-refractivity contribution in [2.24, 2.45) is 7.05 Å². The van der Waals surface area contributed by atoms with Crippen molar-refractivity contribution in [1.29, 1.82) is 0 Å². The molecule has 0 bridgehead atoms. The largest absolute Gasteiger partial charge is 0.490 e. The minimum atomic E-state index is -0.356. The highest BCUT2D eigenvalue weighted by molar-refractivity contribution is 9.10. The Morgan fingerprint density at radius 2 is 1.77 bits per heavy atom. The van der Waals surface area contributed by atoms with Crippen molar-refractivity contribution in [3.8, 4) is 5.75 Å². The quantitative estimate of drug-likeness (QED) is 0.354.